The van der Waals surface area contributed by atoms with E-state index in [0.717, 1.165) is 19.3 Å². The van der Waals surface area contributed by atoms with Gasteiger partial charge in [0.25, 0.3) is 5.56 Å². The number of fused-ring (bicyclic) bond motifs is 1. The lowest BCUT2D eigenvalue weighted by atomic mass is 10.2. The summed E-state index contributed by atoms with van der Waals surface area (Å²) in [6, 6.07) is 2.09. The summed E-state index contributed by atoms with van der Waals surface area (Å²) in [6.45, 7) is 0.495. The highest BCUT2D eigenvalue weighted by atomic mass is 16.2. The molecule has 0 spiro atoms. The summed E-state index contributed by atoms with van der Waals surface area (Å²) in [6.07, 6.45) is 4.51. The topological polar surface area (TPSA) is 96.5 Å². The Morgan fingerprint density at radius 2 is 2.16 bits per heavy atom. The smallest absolute Gasteiger partial charge is 0.328 e. The highest BCUT2D eigenvalue weighted by Crippen LogP contribution is 2.06. The molecule has 0 atom stereocenters. The first-order chi connectivity index (χ1) is 9.15. The van der Waals surface area contributed by atoms with Crippen molar-refractivity contribution < 1.29 is 0 Å². The van der Waals surface area contributed by atoms with E-state index in [9.17, 15) is 9.59 Å². The average Bonchev–Trinajstić information content (AvgIpc) is 2.75. The molecule has 0 saturated carbocycles. The molecule has 2 aromatic rings. The van der Waals surface area contributed by atoms with E-state index in [2.05, 4.69) is 16.0 Å². The Morgan fingerprint density at radius 1 is 1.37 bits per heavy atom. The third-order valence-electron chi connectivity index (χ3n) is 3.02. The Bertz CT molecular complexity index is 731. The molecule has 7 heteroatoms. The van der Waals surface area contributed by atoms with Gasteiger partial charge in [-0.2, -0.15) is 5.26 Å². The van der Waals surface area contributed by atoms with Crippen LogP contribution >= 0.6 is 0 Å². The fraction of sp³-hybridized carbons (Fsp3) is 0.500. The molecular weight excluding hydrogens is 246 g/mol. The number of imidazole rings is 1. The van der Waals surface area contributed by atoms with Gasteiger partial charge in [0.05, 0.1) is 12.4 Å². The van der Waals surface area contributed by atoms with Gasteiger partial charge in [-0.25, -0.2) is 9.78 Å². The molecule has 19 heavy (non-hydrogen) atoms. The average molecular weight is 261 g/mol. The van der Waals surface area contributed by atoms with Crippen LogP contribution in [0.2, 0.25) is 0 Å². The van der Waals surface area contributed by atoms with E-state index in [-0.39, 0.29) is 0 Å². The zero-order valence-electron chi connectivity index (χ0n) is 10.7. The number of H-pyrrole nitrogens is 1. The van der Waals surface area contributed by atoms with Gasteiger partial charge in [-0.05, 0) is 12.8 Å². The van der Waals surface area contributed by atoms with Crippen LogP contribution in [0.15, 0.2) is 15.9 Å². The molecule has 0 aliphatic heterocycles. The van der Waals surface area contributed by atoms with E-state index in [0.29, 0.717) is 24.1 Å². The van der Waals surface area contributed by atoms with Crippen molar-refractivity contribution in [3.05, 3.63) is 27.2 Å². The largest absolute Gasteiger partial charge is 0.330 e. The summed E-state index contributed by atoms with van der Waals surface area (Å²) < 4.78 is 3.07. The SMILES string of the molecule is Cn1cnc2c1c(=O)[nH]c(=O)n2CCCCCC#N. The van der Waals surface area contributed by atoms with Crippen molar-refractivity contribution in [3.63, 3.8) is 0 Å². The van der Waals surface area contributed by atoms with Crippen LogP contribution in [-0.2, 0) is 13.6 Å². The van der Waals surface area contributed by atoms with E-state index in [4.69, 9.17) is 5.26 Å². The van der Waals surface area contributed by atoms with Crippen LogP contribution in [0.4, 0.5) is 0 Å². The molecule has 0 unspecified atom stereocenters. The van der Waals surface area contributed by atoms with Gasteiger partial charge in [-0.1, -0.05) is 6.42 Å². The number of nitrogens with one attached hydrogen (secondary N) is 1. The highest BCUT2D eigenvalue weighted by molar-refractivity contribution is 5.69. The van der Waals surface area contributed by atoms with Gasteiger partial charge in [0.1, 0.15) is 0 Å². The van der Waals surface area contributed by atoms with Crippen molar-refractivity contribution >= 4 is 11.2 Å². The van der Waals surface area contributed by atoms with Crippen LogP contribution in [0.5, 0.6) is 0 Å². The molecule has 0 aliphatic rings. The van der Waals surface area contributed by atoms with E-state index in [1.165, 1.54) is 10.9 Å². The predicted molar refractivity (Wildman–Crippen MR) is 69.7 cm³/mol. The lowest BCUT2D eigenvalue weighted by Crippen LogP contribution is -2.31. The summed E-state index contributed by atoms with van der Waals surface area (Å²) in [5.74, 6) is 0. The van der Waals surface area contributed by atoms with Crippen LogP contribution in [0.25, 0.3) is 11.2 Å². The molecule has 0 amide bonds. The second-order valence-electron chi connectivity index (χ2n) is 4.41. The summed E-state index contributed by atoms with van der Waals surface area (Å²) in [5, 5.41) is 8.44. The van der Waals surface area contributed by atoms with Crippen molar-refractivity contribution in [2.75, 3.05) is 0 Å². The first-order valence-corrected chi connectivity index (χ1v) is 6.16. The molecular formula is C12H15N5O2. The van der Waals surface area contributed by atoms with Crippen molar-refractivity contribution in [2.24, 2.45) is 7.05 Å². The van der Waals surface area contributed by atoms with Crippen LogP contribution < -0.4 is 11.2 Å². The third kappa shape index (κ3) is 2.57. The Morgan fingerprint density at radius 3 is 2.89 bits per heavy atom. The Hall–Kier alpha value is -2.36. The monoisotopic (exact) mass is 261 g/mol. The maximum Gasteiger partial charge on any atom is 0.330 e. The van der Waals surface area contributed by atoms with Crippen molar-refractivity contribution in [3.8, 4) is 6.07 Å². The quantitative estimate of drug-likeness (QED) is 0.793. The summed E-state index contributed by atoms with van der Waals surface area (Å²) >= 11 is 0. The first kappa shape index (κ1) is 13.1. The number of unbranched alkanes of at least 4 members (excludes halogenated alkanes) is 3. The predicted octanol–water partition coefficient (Wildman–Crippen LogP) is 0.507. The standard InChI is InChI=1S/C12H15N5O2/c1-16-8-14-10-9(16)11(18)15-12(19)17(10)7-5-3-2-4-6-13/h8H,2-5,7H2,1H3,(H,15,18,19). The first-order valence-electron chi connectivity index (χ1n) is 6.16. The van der Waals surface area contributed by atoms with E-state index < -0.39 is 11.2 Å². The van der Waals surface area contributed by atoms with Crippen molar-refractivity contribution in [1.29, 1.82) is 5.26 Å². The zero-order valence-corrected chi connectivity index (χ0v) is 10.7. The van der Waals surface area contributed by atoms with Crippen LogP contribution in [0, 0.1) is 11.3 Å². The normalized spacial score (nSPS) is 10.7. The summed E-state index contributed by atoms with van der Waals surface area (Å²) in [5.41, 5.74) is -0.0367. The van der Waals surface area contributed by atoms with Crippen LogP contribution in [0.3, 0.4) is 0 Å². The summed E-state index contributed by atoms with van der Waals surface area (Å²) in [4.78, 5) is 29.9. The minimum Gasteiger partial charge on any atom is -0.328 e. The third-order valence-corrected chi connectivity index (χ3v) is 3.02. The highest BCUT2D eigenvalue weighted by Gasteiger charge is 2.11. The number of hydrogen-bond donors (Lipinski definition) is 1. The minimum atomic E-state index is -0.434. The van der Waals surface area contributed by atoms with Gasteiger partial charge in [-0.15, -0.1) is 0 Å². The number of aromatic nitrogens is 4. The molecule has 0 saturated heterocycles. The van der Waals surface area contributed by atoms with Crippen molar-refractivity contribution in [2.45, 2.75) is 32.2 Å². The van der Waals surface area contributed by atoms with Gasteiger partial charge in [-0.3, -0.25) is 14.3 Å². The number of nitrogens with zero attached hydrogens (tertiary/aromatic N) is 4. The molecule has 0 aliphatic carbocycles. The van der Waals surface area contributed by atoms with E-state index >= 15 is 0 Å². The maximum absolute atomic E-state index is 11.8. The van der Waals surface area contributed by atoms with Gasteiger partial charge >= 0.3 is 5.69 Å². The van der Waals surface area contributed by atoms with Gasteiger partial charge < -0.3 is 4.57 Å². The molecule has 0 fully saturated rings. The molecule has 100 valence electrons. The molecule has 1 N–H and O–H groups in total. The number of nitriles is 1. The molecule has 2 aromatic heterocycles. The number of rotatable bonds is 5. The van der Waals surface area contributed by atoms with Gasteiger partial charge in [0.2, 0.25) is 0 Å². The summed E-state index contributed by atoms with van der Waals surface area (Å²) in [7, 11) is 1.71. The fourth-order valence-corrected chi connectivity index (χ4v) is 2.06. The fourth-order valence-electron chi connectivity index (χ4n) is 2.06. The number of aryl methyl sites for hydroxylation is 2. The van der Waals surface area contributed by atoms with Crippen molar-refractivity contribution in [1.82, 2.24) is 19.1 Å². The molecule has 2 heterocycles. The van der Waals surface area contributed by atoms with Crippen LogP contribution in [0.1, 0.15) is 25.7 Å². The molecule has 0 aromatic carbocycles. The Kier molecular flexibility index (Phi) is 3.80. The minimum absolute atomic E-state index is 0.400. The molecule has 0 radical (unpaired) electrons. The molecule has 0 bridgehead atoms. The van der Waals surface area contributed by atoms with E-state index in [1.54, 1.807) is 11.6 Å². The lowest BCUT2D eigenvalue weighted by molar-refractivity contribution is 0.579. The Balaban J connectivity index is 2.26. The van der Waals surface area contributed by atoms with E-state index in [1.807, 2.05) is 0 Å². The molecule has 7 nitrogen and oxygen atoms in total. The Labute approximate surface area is 109 Å². The lowest BCUT2D eigenvalue weighted by Gasteiger charge is -2.05. The second kappa shape index (κ2) is 5.52. The van der Waals surface area contributed by atoms with Gasteiger partial charge in [0, 0.05) is 20.0 Å². The number of aromatic amines is 1. The second-order valence-corrected chi connectivity index (χ2v) is 4.41. The maximum atomic E-state index is 11.8. The zero-order chi connectivity index (χ0) is 13.8. The number of hydrogen-bond acceptors (Lipinski definition) is 4. The van der Waals surface area contributed by atoms with Crippen LogP contribution in [-0.4, -0.2) is 19.1 Å². The van der Waals surface area contributed by atoms with Gasteiger partial charge in [0.15, 0.2) is 11.2 Å². The molecule has 2 rings (SSSR count).